The van der Waals surface area contributed by atoms with E-state index in [9.17, 15) is 9.59 Å². The second kappa shape index (κ2) is 9.62. The van der Waals surface area contributed by atoms with Gasteiger partial charge in [-0.2, -0.15) is 0 Å². The van der Waals surface area contributed by atoms with Crippen molar-refractivity contribution in [2.24, 2.45) is 5.92 Å². The van der Waals surface area contributed by atoms with Gasteiger partial charge in [-0.3, -0.25) is 14.5 Å². The maximum absolute atomic E-state index is 13.4. The molecule has 1 atom stereocenters. The number of carbonyl (C=O) groups is 2. The van der Waals surface area contributed by atoms with Crippen LogP contribution in [-0.4, -0.2) is 39.8 Å². The molecule has 6 nitrogen and oxygen atoms in total. The first-order valence-electron chi connectivity index (χ1n) is 12.6. The maximum atomic E-state index is 13.4. The van der Waals surface area contributed by atoms with Crippen LogP contribution in [0.3, 0.4) is 0 Å². The Kier molecular flexibility index (Phi) is 6.43. The third kappa shape index (κ3) is 4.53. The maximum Gasteiger partial charge on any atom is 0.232 e. The van der Waals surface area contributed by atoms with E-state index in [1.807, 2.05) is 30.0 Å². The van der Waals surface area contributed by atoms with Gasteiger partial charge in [-0.05, 0) is 51.0 Å². The van der Waals surface area contributed by atoms with Crippen molar-refractivity contribution < 1.29 is 9.59 Å². The van der Waals surface area contributed by atoms with Crippen molar-refractivity contribution in [1.82, 2.24) is 14.9 Å². The largest absolute Gasteiger partial charge is 0.332 e. The Bertz CT molecular complexity index is 1020. The summed E-state index contributed by atoms with van der Waals surface area (Å²) in [6.45, 7) is 3.38. The van der Waals surface area contributed by atoms with Crippen molar-refractivity contribution in [3.63, 3.8) is 0 Å². The minimum absolute atomic E-state index is 0.0798. The van der Waals surface area contributed by atoms with Gasteiger partial charge >= 0.3 is 0 Å². The summed E-state index contributed by atoms with van der Waals surface area (Å²) >= 11 is 0. The minimum atomic E-state index is -0.0798. The first kappa shape index (κ1) is 22.1. The van der Waals surface area contributed by atoms with Crippen molar-refractivity contribution in [3.8, 4) is 0 Å². The number of nitrogens with zero attached hydrogens (tertiary/aromatic N) is 4. The smallest absolute Gasteiger partial charge is 0.232 e. The number of hydrogen-bond donors (Lipinski definition) is 0. The highest BCUT2D eigenvalue weighted by molar-refractivity contribution is 6.00. The lowest BCUT2D eigenvalue weighted by Crippen LogP contribution is -2.43. The van der Waals surface area contributed by atoms with Crippen LogP contribution in [-0.2, 0) is 22.4 Å². The highest BCUT2D eigenvalue weighted by Crippen LogP contribution is 2.36. The van der Waals surface area contributed by atoms with E-state index in [2.05, 4.69) is 17.0 Å². The third-order valence-corrected chi connectivity index (χ3v) is 7.60. The Balaban J connectivity index is 1.40. The van der Waals surface area contributed by atoms with E-state index in [1.165, 1.54) is 12.0 Å². The van der Waals surface area contributed by atoms with E-state index < -0.39 is 0 Å². The van der Waals surface area contributed by atoms with Gasteiger partial charge in [0.2, 0.25) is 11.8 Å². The van der Waals surface area contributed by atoms with Crippen LogP contribution in [0.2, 0.25) is 0 Å². The Morgan fingerprint density at radius 2 is 1.76 bits per heavy atom. The molecular formula is C27H34N4O2. The molecule has 1 saturated heterocycles. The number of fused-ring (bicyclic) bond motifs is 1. The van der Waals surface area contributed by atoms with Crippen LogP contribution < -0.4 is 4.90 Å². The molecule has 5 rings (SSSR count). The van der Waals surface area contributed by atoms with Gasteiger partial charge in [0.1, 0.15) is 5.82 Å². The lowest BCUT2D eigenvalue weighted by Gasteiger charge is -2.38. The highest BCUT2D eigenvalue weighted by atomic mass is 16.2. The van der Waals surface area contributed by atoms with Gasteiger partial charge in [0.15, 0.2) is 5.82 Å². The molecule has 2 aromatic rings. The summed E-state index contributed by atoms with van der Waals surface area (Å²) in [6, 6.07) is 10.2. The molecule has 0 spiro atoms. The lowest BCUT2D eigenvalue weighted by molar-refractivity contribution is -0.140. The molecular weight excluding hydrogens is 412 g/mol. The van der Waals surface area contributed by atoms with Gasteiger partial charge in [0, 0.05) is 30.3 Å². The van der Waals surface area contributed by atoms with Gasteiger partial charge in [0.05, 0.1) is 12.5 Å². The second-order valence-electron chi connectivity index (χ2n) is 9.81. The topological polar surface area (TPSA) is 66.4 Å². The molecule has 2 fully saturated rings. The molecule has 0 radical (unpaired) electrons. The molecule has 0 N–H and O–H groups in total. The van der Waals surface area contributed by atoms with Gasteiger partial charge in [0.25, 0.3) is 0 Å². The summed E-state index contributed by atoms with van der Waals surface area (Å²) in [6.07, 6.45) is 9.74. The summed E-state index contributed by atoms with van der Waals surface area (Å²) in [5.74, 6) is 2.01. The second-order valence-corrected chi connectivity index (χ2v) is 9.81. The summed E-state index contributed by atoms with van der Waals surface area (Å²) < 4.78 is 0. The minimum Gasteiger partial charge on any atom is -0.332 e. The SMILES string of the molecule is Cc1nc([C@@H]2CCCCN2C(=O)C2CCCCC2)nc2c1CC(=O)N2CCc1ccccc1. The Labute approximate surface area is 196 Å². The van der Waals surface area contributed by atoms with E-state index in [1.54, 1.807) is 0 Å². The highest BCUT2D eigenvalue weighted by Gasteiger charge is 2.37. The van der Waals surface area contributed by atoms with Crippen LogP contribution >= 0.6 is 0 Å². The van der Waals surface area contributed by atoms with Crippen molar-refractivity contribution in [3.05, 3.63) is 53.0 Å². The fraction of sp³-hybridized carbons (Fsp3) is 0.556. The van der Waals surface area contributed by atoms with E-state index in [4.69, 9.17) is 9.97 Å². The first-order valence-corrected chi connectivity index (χ1v) is 12.6. The lowest BCUT2D eigenvalue weighted by atomic mass is 9.87. The van der Waals surface area contributed by atoms with Crippen molar-refractivity contribution in [1.29, 1.82) is 0 Å². The number of amides is 2. The van der Waals surface area contributed by atoms with Crippen LogP contribution in [0.4, 0.5) is 5.82 Å². The molecule has 0 unspecified atom stereocenters. The zero-order valence-corrected chi connectivity index (χ0v) is 19.6. The number of hydrogen-bond acceptors (Lipinski definition) is 4. The van der Waals surface area contributed by atoms with Gasteiger partial charge in [-0.15, -0.1) is 0 Å². The molecule has 2 aliphatic heterocycles. The molecule has 1 aliphatic carbocycles. The molecule has 3 heterocycles. The zero-order valence-electron chi connectivity index (χ0n) is 19.6. The fourth-order valence-electron chi connectivity index (χ4n) is 5.71. The van der Waals surface area contributed by atoms with Gasteiger partial charge < -0.3 is 4.90 Å². The van der Waals surface area contributed by atoms with E-state index in [0.29, 0.717) is 13.0 Å². The standard InChI is InChI=1S/C27H34N4O2/c1-19-22-18-24(32)31(17-15-20-10-4-2-5-11-20)26(22)29-25(28-19)23-14-8-9-16-30(23)27(33)21-12-6-3-7-13-21/h2,4-5,10-11,21,23H,3,6-9,12-18H2,1H3/t23-/m0/s1. The van der Waals surface area contributed by atoms with Crippen molar-refractivity contribution in [2.45, 2.75) is 77.2 Å². The Morgan fingerprint density at radius 1 is 1.00 bits per heavy atom. The molecule has 2 amide bonds. The van der Waals surface area contributed by atoms with Crippen LogP contribution in [0.25, 0.3) is 0 Å². The van der Waals surface area contributed by atoms with Crippen LogP contribution in [0.15, 0.2) is 30.3 Å². The summed E-state index contributed by atoms with van der Waals surface area (Å²) in [5.41, 5.74) is 3.03. The normalized spacial score (nSPS) is 21.4. The zero-order chi connectivity index (χ0) is 22.8. The molecule has 3 aliphatic rings. The molecule has 1 aromatic heterocycles. The monoisotopic (exact) mass is 446 g/mol. The first-order chi connectivity index (χ1) is 16.1. The summed E-state index contributed by atoms with van der Waals surface area (Å²) in [5, 5.41) is 0. The number of likely N-dealkylation sites (tertiary alicyclic amines) is 1. The molecule has 174 valence electrons. The Morgan fingerprint density at radius 3 is 2.55 bits per heavy atom. The predicted octanol–water partition coefficient (Wildman–Crippen LogP) is 4.55. The molecule has 1 aromatic carbocycles. The number of piperidine rings is 1. The number of aromatic nitrogens is 2. The molecule has 0 bridgehead atoms. The average molecular weight is 447 g/mol. The van der Waals surface area contributed by atoms with Crippen molar-refractivity contribution in [2.75, 3.05) is 18.0 Å². The quantitative estimate of drug-likeness (QED) is 0.676. The Hall–Kier alpha value is -2.76. The van der Waals surface area contributed by atoms with Crippen LogP contribution in [0.5, 0.6) is 0 Å². The van der Waals surface area contributed by atoms with Crippen molar-refractivity contribution >= 4 is 17.6 Å². The summed E-state index contributed by atoms with van der Waals surface area (Å²) in [7, 11) is 0. The molecule has 33 heavy (non-hydrogen) atoms. The predicted molar refractivity (Wildman–Crippen MR) is 128 cm³/mol. The van der Waals surface area contributed by atoms with Gasteiger partial charge in [-0.25, -0.2) is 9.97 Å². The van der Waals surface area contributed by atoms with Crippen LogP contribution in [0.1, 0.15) is 80.1 Å². The molecule has 1 saturated carbocycles. The molecule has 6 heteroatoms. The number of anilines is 1. The van der Waals surface area contributed by atoms with E-state index >= 15 is 0 Å². The number of aryl methyl sites for hydroxylation is 1. The van der Waals surface area contributed by atoms with Gasteiger partial charge in [-0.1, -0.05) is 49.6 Å². The number of carbonyl (C=O) groups excluding carboxylic acids is 2. The number of rotatable bonds is 5. The average Bonchev–Trinajstić information content (AvgIpc) is 3.19. The number of benzene rings is 1. The van der Waals surface area contributed by atoms with Crippen LogP contribution in [0, 0.1) is 12.8 Å². The fourth-order valence-corrected chi connectivity index (χ4v) is 5.71. The summed E-state index contributed by atoms with van der Waals surface area (Å²) in [4.78, 5) is 40.0. The van der Waals surface area contributed by atoms with E-state index in [-0.39, 0.29) is 23.8 Å². The van der Waals surface area contributed by atoms with E-state index in [0.717, 1.165) is 80.8 Å². The third-order valence-electron chi connectivity index (χ3n) is 7.60.